The molecule has 4 nitrogen and oxygen atoms in total. The molecule has 0 unspecified atom stereocenters. The van der Waals surface area contributed by atoms with Crippen LogP contribution in [0, 0.1) is 12.8 Å². The first-order valence-electron chi connectivity index (χ1n) is 7.16. The summed E-state index contributed by atoms with van der Waals surface area (Å²) in [5, 5.41) is 0.110. The van der Waals surface area contributed by atoms with E-state index in [4.69, 9.17) is 11.6 Å². The van der Waals surface area contributed by atoms with E-state index in [0.29, 0.717) is 18.0 Å². The first-order valence-corrected chi connectivity index (χ1v) is 7.53. The lowest BCUT2D eigenvalue weighted by Crippen LogP contribution is -2.39. The number of aromatic nitrogens is 2. The van der Waals surface area contributed by atoms with Gasteiger partial charge in [-0.2, -0.15) is 0 Å². The summed E-state index contributed by atoms with van der Waals surface area (Å²) in [7, 11) is 0. The minimum atomic E-state index is -0.423. The number of nitrogens with one attached hydrogen (secondary N) is 1. The first-order chi connectivity index (χ1) is 10.1. The summed E-state index contributed by atoms with van der Waals surface area (Å²) in [4.78, 5) is 27.2. The van der Waals surface area contributed by atoms with Crippen molar-refractivity contribution in [3.63, 3.8) is 0 Å². The van der Waals surface area contributed by atoms with E-state index in [1.807, 2.05) is 31.2 Å². The maximum absolute atomic E-state index is 12.6. The Balaban J connectivity index is 2.11. The first kappa shape index (κ1) is 14.1. The molecule has 2 aromatic rings. The van der Waals surface area contributed by atoms with Crippen LogP contribution in [-0.2, 0) is 6.54 Å². The zero-order valence-corrected chi connectivity index (χ0v) is 12.6. The molecule has 1 aromatic heterocycles. The molecule has 1 aliphatic carbocycles. The Morgan fingerprint density at radius 2 is 1.90 bits per heavy atom. The molecule has 3 rings (SSSR count). The number of hydrogen-bond acceptors (Lipinski definition) is 2. The molecule has 0 atom stereocenters. The van der Waals surface area contributed by atoms with E-state index >= 15 is 0 Å². The molecule has 21 heavy (non-hydrogen) atoms. The van der Waals surface area contributed by atoms with Gasteiger partial charge in [-0.3, -0.25) is 14.3 Å². The van der Waals surface area contributed by atoms with Gasteiger partial charge in [0.25, 0.3) is 5.56 Å². The van der Waals surface area contributed by atoms with Crippen molar-refractivity contribution in [2.45, 2.75) is 32.7 Å². The zero-order chi connectivity index (χ0) is 15.0. The quantitative estimate of drug-likeness (QED) is 0.886. The molecule has 0 aliphatic heterocycles. The summed E-state index contributed by atoms with van der Waals surface area (Å²) in [6.07, 6.45) is 3.33. The zero-order valence-electron chi connectivity index (χ0n) is 11.9. The molecule has 1 fully saturated rings. The van der Waals surface area contributed by atoms with Crippen LogP contribution in [0.5, 0.6) is 0 Å². The second kappa shape index (κ2) is 5.53. The van der Waals surface area contributed by atoms with E-state index in [1.54, 1.807) is 0 Å². The van der Waals surface area contributed by atoms with Crippen molar-refractivity contribution in [3.05, 3.63) is 55.8 Å². The number of benzene rings is 1. The van der Waals surface area contributed by atoms with Gasteiger partial charge in [0.15, 0.2) is 0 Å². The van der Waals surface area contributed by atoms with Crippen molar-refractivity contribution < 1.29 is 0 Å². The molecule has 1 aliphatic rings. The lowest BCUT2D eigenvalue weighted by atomic mass is 9.85. The standard InChI is InChI=1S/C16H17ClN2O2/c1-10-5-7-12(8-6-10)13-14(17)18-16(21)19(15(13)20)9-11-3-2-4-11/h5-8,11H,2-4,9H2,1H3,(H,18,21). The average molecular weight is 305 g/mol. The van der Waals surface area contributed by atoms with Gasteiger partial charge in [0.05, 0.1) is 5.56 Å². The fourth-order valence-electron chi connectivity index (χ4n) is 2.61. The van der Waals surface area contributed by atoms with Gasteiger partial charge in [0, 0.05) is 6.54 Å². The van der Waals surface area contributed by atoms with Crippen LogP contribution in [0.25, 0.3) is 11.1 Å². The number of aromatic amines is 1. The van der Waals surface area contributed by atoms with Crippen LogP contribution in [-0.4, -0.2) is 9.55 Å². The molecular weight excluding hydrogens is 288 g/mol. The number of aryl methyl sites for hydroxylation is 1. The second-order valence-corrected chi connectivity index (χ2v) is 6.08. The third kappa shape index (κ3) is 2.68. The van der Waals surface area contributed by atoms with Crippen LogP contribution >= 0.6 is 11.6 Å². The third-order valence-electron chi connectivity index (χ3n) is 4.15. The lowest BCUT2D eigenvalue weighted by Gasteiger charge is -2.25. The SMILES string of the molecule is Cc1ccc(-c2c(Cl)[nH]c(=O)n(CC3CCC3)c2=O)cc1. The van der Waals surface area contributed by atoms with Crippen LogP contribution < -0.4 is 11.2 Å². The van der Waals surface area contributed by atoms with Gasteiger partial charge in [-0.25, -0.2) is 4.79 Å². The molecule has 1 heterocycles. The Labute approximate surface area is 127 Å². The van der Waals surface area contributed by atoms with Crippen LogP contribution in [0.3, 0.4) is 0 Å². The molecule has 0 spiro atoms. The molecule has 0 radical (unpaired) electrons. The monoisotopic (exact) mass is 304 g/mol. The summed E-state index contributed by atoms with van der Waals surface area (Å²) >= 11 is 6.10. The number of halogens is 1. The van der Waals surface area contributed by atoms with Crippen molar-refractivity contribution >= 4 is 11.6 Å². The second-order valence-electron chi connectivity index (χ2n) is 5.70. The summed E-state index contributed by atoms with van der Waals surface area (Å²) in [5.74, 6) is 0.427. The molecule has 0 bridgehead atoms. The Hall–Kier alpha value is -1.81. The smallest absolute Gasteiger partial charge is 0.297 e. The highest BCUT2D eigenvalue weighted by atomic mass is 35.5. The third-order valence-corrected chi connectivity index (χ3v) is 4.43. The molecular formula is C16H17ClN2O2. The molecule has 1 saturated carbocycles. The largest absolute Gasteiger partial charge is 0.329 e. The van der Waals surface area contributed by atoms with Crippen molar-refractivity contribution in [2.24, 2.45) is 5.92 Å². The van der Waals surface area contributed by atoms with E-state index in [2.05, 4.69) is 4.98 Å². The van der Waals surface area contributed by atoms with Gasteiger partial charge < -0.3 is 0 Å². The normalized spacial score (nSPS) is 15.0. The Morgan fingerprint density at radius 3 is 2.48 bits per heavy atom. The number of H-pyrrole nitrogens is 1. The van der Waals surface area contributed by atoms with Gasteiger partial charge in [-0.1, -0.05) is 47.9 Å². The summed E-state index contributed by atoms with van der Waals surface area (Å²) in [6.45, 7) is 2.46. The Morgan fingerprint density at radius 1 is 1.24 bits per heavy atom. The van der Waals surface area contributed by atoms with Crippen molar-refractivity contribution in [3.8, 4) is 11.1 Å². The fraction of sp³-hybridized carbons (Fsp3) is 0.375. The van der Waals surface area contributed by atoms with Crippen LogP contribution in [0.1, 0.15) is 24.8 Å². The topological polar surface area (TPSA) is 54.9 Å². The van der Waals surface area contributed by atoms with E-state index in [1.165, 1.54) is 11.0 Å². The maximum Gasteiger partial charge on any atom is 0.329 e. The molecule has 5 heteroatoms. The highest BCUT2D eigenvalue weighted by Gasteiger charge is 2.21. The number of nitrogens with zero attached hydrogens (tertiary/aromatic N) is 1. The minimum absolute atomic E-state index is 0.110. The molecule has 0 amide bonds. The van der Waals surface area contributed by atoms with Crippen molar-refractivity contribution in [2.75, 3.05) is 0 Å². The average Bonchev–Trinajstić information content (AvgIpc) is 2.38. The van der Waals surface area contributed by atoms with Crippen LogP contribution in [0.15, 0.2) is 33.9 Å². The van der Waals surface area contributed by atoms with E-state index in [0.717, 1.165) is 24.0 Å². The predicted molar refractivity (Wildman–Crippen MR) is 83.8 cm³/mol. The fourth-order valence-corrected chi connectivity index (χ4v) is 2.89. The van der Waals surface area contributed by atoms with Crippen molar-refractivity contribution in [1.82, 2.24) is 9.55 Å². The number of hydrogen-bond donors (Lipinski definition) is 1. The predicted octanol–water partition coefficient (Wildman–Crippen LogP) is 2.97. The van der Waals surface area contributed by atoms with Crippen LogP contribution in [0.2, 0.25) is 5.15 Å². The Kier molecular flexibility index (Phi) is 3.72. The van der Waals surface area contributed by atoms with Gasteiger partial charge in [0.1, 0.15) is 5.15 Å². The van der Waals surface area contributed by atoms with Crippen molar-refractivity contribution in [1.29, 1.82) is 0 Å². The van der Waals surface area contributed by atoms with E-state index in [-0.39, 0.29) is 10.7 Å². The summed E-state index contributed by atoms with van der Waals surface area (Å²) in [6, 6.07) is 7.55. The highest BCUT2D eigenvalue weighted by Crippen LogP contribution is 2.27. The van der Waals surface area contributed by atoms with E-state index in [9.17, 15) is 9.59 Å². The molecule has 0 saturated heterocycles. The maximum atomic E-state index is 12.6. The highest BCUT2D eigenvalue weighted by molar-refractivity contribution is 6.32. The summed E-state index contributed by atoms with van der Waals surface area (Å²) < 4.78 is 1.28. The van der Waals surface area contributed by atoms with Gasteiger partial charge in [-0.15, -0.1) is 0 Å². The lowest BCUT2D eigenvalue weighted by molar-refractivity contribution is 0.270. The van der Waals surface area contributed by atoms with Gasteiger partial charge >= 0.3 is 5.69 Å². The summed E-state index contributed by atoms with van der Waals surface area (Å²) in [5.41, 5.74) is 1.48. The van der Waals surface area contributed by atoms with Crippen LogP contribution in [0.4, 0.5) is 0 Å². The molecule has 1 N–H and O–H groups in total. The Bertz CT molecular complexity index is 770. The van der Waals surface area contributed by atoms with E-state index < -0.39 is 5.69 Å². The van der Waals surface area contributed by atoms with Gasteiger partial charge in [0.2, 0.25) is 0 Å². The number of rotatable bonds is 3. The molecule has 1 aromatic carbocycles. The van der Waals surface area contributed by atoms with Gasteiger partial charge in [-0.05, 0) is 31.2 Å². The molecule has 110 valence electrons. The minimum Gasteiger partial charge on any atom is -0.297 e.